The quantitative estimate of drug-likeness (QED) is 0.323. The number of nitrogens with zero attached hydrogens (tertiary/aromatic N) is 2. The molecular formula is C29H28FN3O6S. The smallest absolute Gasteiger partial charge is 0.266 e. The maximum atomic E-state index is 13.2. The number of ether oxygens (including phenoxy) is 4. The fraction of sp³-hybridized carbons (Fsp3) is 0.207. The van der Waals surface area contributed by atoms with Gasteiger partial charge in [0.15, 0.2) is 23.3 Å². The highest BCUT2D eigenvalue weighted by Gasteiger charge is 2.33. The average Bonchev–Trinajstić information content (AvgIpc) is 3.25. The molecule has 11 heteroatoms. The van der Waals surface area contributed by atoms with Gasteiger partial charge in [0.1, 0.15) is 11.6 Å². The summed E-state index contributed by atoms with van der Waals surface area (Å²) in [6, 6.07) is 17.8. The SMILES string of the molecule is COCCN1C(=O)/C(=C/c2ccc(OCC(=O)Nc3ccc(F)cc3)c(OC)c2)SC1=Nc1ccc(OC)cc1. The molecule has 0 aliphatic carbocycles. The van der Waals surface area contributed by atoms with E-state index < -0.39 is 11.7 Å². The Morgan fingerprint density at radius 3 is 2.42 bits per heavy atom. The van der Waals surface area contributed by atoms with Crippen molar-refractivity contribution in [3.63, 3.8) is 0 Å². The summed E-state index contributed by atoms with van der Waals surface area (Å²) >= 11 is 1.26. The lowest BCUT2D eigenvalue weighted by Crippen LogP contribution is -2.32. The minimum absolute atomic E-state index is 0.189. The van der Waals surface area contributed by atoms with Crippen LogP contribution in [0.15, 0.2) is 76.6 Å². The summed E-state index contributed by atoms with van der Waals surface area (Å²) in [5, 5.41) is 3.17. The molecule has 9 nitrogen and oxygen atoms in total. The van der Waals surface area contributed by atoms with E-state index in [1.54, 1.807) is 55.5 Å². The number of aliphatic imine (C=N–C) groups is 1. The number of hydrogen-bond acceptors (Lipinski definition) is 8. The number of methoxy groups -OCH3 is 3. The minimum Gasteiger partial charge on any atom is -0.497 e. The highest BCUT2D eigenvalue weighted by Crippen LogP contribution is 2.36. The molecular weight excluding hydrogens is 537 g/mol. The summed E-state index contributed by atoms with van der Waals surface area (Å²) in [7, 11) is 4.66. The molecule has 0 saturated carbocycles. The van der Waals surface area contributed by atoms with Gasteiger partial charge in [-0.2, -0.15) is 0 Å². The van der Waals surface area contributed by atoms with Crippen LogP contribution < -0.4 is 19.5 Å². The number of thioether (sulfide) groups is 1. The predicted molar refractivity (Wildman–Crippen MR) is 153 cm³/mol. The van der Waals surface area contributed by atoms with Crippen molar-refractivity contribution in [3.05, 3.63) is 83.0 Å². The van der Waals surface area contributed by atoms with Gasteiger partial charge in [0.05, 0.1) is 38.0 Å². The third kappa shape index (κ3) is 7.39. The topological polar surface area (TPSA) is 98.7 Å². The lowest BCUT2D eigenvalue weighted by molar-refractivity contribution is -0.122. The summed E-state index contributed by atoms with van der Waals surface area (Å²) in [6.07, 6.45) is 1.75. The van der Waals surface area contributed by atoms with E-state index in [0.717, 1.165) is 0 Å². The number of anilines is 1. The Balaban J connectivity index is 1.48. The molecule has 3 aromatic rings. The zero-order valence-corrected chi connectivity index (χ0v) is 23.0. The van der Waals surface area contributed by atoms with Crippen LogP contribution in [0.4, 0.5) is 15.8 Å². The second-order valence-corrected chi connectivity index (χ2v) is 9.42. The molecule has 0 spiro atoms. The Bertz CT molecular complexity index is 1410. The molecule has 1 N–H and O–H groups in total. The number of amides is 2. The third-order valence-electron chi connectivity index (χ3n) is 5.68. The Kier molecular flexibility index (Phi) is 9.76. The van der Waals surface area contributed by atoms with E-state index in [2.05, 4.69) is 10.3 Å². The van der Waals surface area contributed by atoms with Crippen molar-refractivity contribution < 1.29 is 32.9 Å². The summed E-state index contributed by atoms with van der Waals surface area (Å²) in [4.78, 5) is 32.2. The molecule has 0 bridgehead atoms. The Hall–Kier alpha value is -4.35. The van der Waals surface area contributed by atoms with Gasteiger partial charge in [0.25, 0.3) is 11.8 Å². The Morgan fingerprint density at radius 2 is 1.75 bits per heavy atom. The second kappa shape index (κ2) is 13.6. The van der Waals surface area contributed by atoms with Gasteiger partial charge in [-0.25, -0.2) is 9.38 Å². The van der Waals surface area contributed by atoms with Gasteiger partial charge in [-0.3, -0.25) is 14.5 Å². The van der Waals surface area contributed by atoms with Crippen LogP contribution in [-0.4, -0.2) is 63.0 Å². The summed E-state index contributed by atoms with van der Waals surface area (Å²) in [6.45, 7) is 0.433. The molecule has 1 saturated heterocycles. The minimum atomic E-state index is -0.410. The van der Waals surface area contributed by atoms with E-state index in [9.17, 15) is 14.0 Å². The van der Waals surface area contributed by atoms with Crippen LogP contribution in [0.3, 0.4) is 0 Å². The van der Waals surface area contributed by atoms with Crippen LogP contribution in [0.25, 0.3) is 6.08 Å². The van der Waals surface area contributed by atoms with Gasteiger partial charge in [0.2, 0.25) is 0 Å². The zero-order chi connectivity index (χ0) is 28.5. The van der Waals surface area contributed by atoms with Crippen molar-refractivity contribution in [2.45, 2.75) is 0 Å². The van der Waals surface area contributed by atoms with Crippen molar-refractivity contribution in [1.29, 1.82) is 0 Å². The molecule has 1 aliphatic heterocycles. The number of nitrogens with one attached hydrogen (secondary N) is 1. The first-order valence-electron chi connectivity index (χ1n) is 12.2. The first-order chi connectivity index (χ1) is 19.4. The molecule has 40 heavy (non-hydrogen) atoms. The van der Waals surface area contributed by atoms with Crippen LogP contribution in [-0.2, 0) is 14.3 Å². The number of carbonyl (C=O) groups excluding carboxylic acids is 2. The number of halogens is 1. The summed E-state index contributed by atoms with van der Waals surface area (Å²) in [5.41, 5.74) is 1.84. The van der Waals surface area contributed by atoms with Gasteiger partial charge in [-0.05, 0) is 84.1 Å². The lowest BCUT2D eigenvalue weighted by atomic mass is 10.2. The van der Waals surface area contributed by atoms with Gasteiger partial charge >= 0.3 is 0 Å². The maximum Gasteiger partial charge on any atom is 0.266 e. The van der Waals surface area contributed by atoms with E-state index in [1.807, 2.05) is 12.1 Å². The standard InChI is InChI=1S/C29H28FN3O6S/c1-36-15-14-33-28(35)26(40-29(33)32-22-9-11-23(37-2)12-10-22)17-19-4-13-24(25(16-19)38-3)39-18-27(34)31-21-7-5-20(30)6-8-21/h4-13,16-17H,14-15,18H2,1-3H3,(H,31,34)/b26-17-,32-29?. The summed E-state index contributed by atoms with van der Waals surface area (Å²) in [5.74, 6) is 0.468. The fourth-order valence-corrected chi connectivity index (χ4v) is 4.68. The first kappa shape index (κ1) is 28.7. The van der Waals surface area contributed by atoms with Crippen LogP contribution in [0.1, 0.15) is 5.56 Å². The van der Waals surface area contributed by atoms with E-state index in [0.29, 0.717) is 57.4 Å². The van der Waals surface area contributed by atoms with E-state index in [1.165, 1.54) is 43.1 Å². The molecule has 3 aromatic carbocycles. The highest BCUT2D eigenvalue weighted by molar-refractivity contribution is 8.18. The van der Waals surface area contributed by atoms with Crippen LogP contribution in [0.2, 0.25) is 0 Å². The maximum absolute atomic E-state index is 13.2. The molecule has 0 unspecified atom stereocenters. The van der Waals surface area contributed by atoms with Crippen molar-refractivity contribution in [1.82, 2.24) is 4.90 Å². The second-order valence-electron chi connectivity index (χ2n) is 8.41. The van der Waals surface area contributed by atoms with Crippen molar-refractivity contribution >= 4 is 46.2 Å². The van der Waals surface area contributed by atoms with Gasteiger partial charge in [-0.15, -0.1) is 0 Å². The monoisotopic (exact) mass is 565 g/mol. The van der Waals surface area contributed by atoms with E-state index in [4.69, 9.17) is 18.9 Å². The third-order valence-corrected chi connectivity index (χ3v) is 6.68. The zero-order valence-electron chi connectivity index (χ0n) is 22.2. The fourth-order valence-electron chi connectivity index (χ4n) is 3.66. The predicted octanol–water partition coefficient (Wildman–Crippen LogP) is 5.11. The highest BCUT2D eigenvalue weighted by atomic mass is 32.2. The Morgan fingerprint density at radius 1 is 1.00 bits per heavy atom. The van der Waals surface area contributed by atoms with E-state index >= 15 is 0 Å². The van der Waals surface area contributed by atoms with Gasteiger partial charge < -0.3 is 24.3 Å². The van der Waals surface area contributed by atoms with Crippen LogP contribution in [0, 0.1) is 5.82 Å². The Labute approximate surface area is 235 Å². The molecule has 1 aliphatic rings. The molecule has 0 aromatic heterocycles. The largest absolute Gasteiger partial charge is 0.497 e. The number of rotatable bonds is 11. The molecule has 2 amide bonds. The van der Waals surface area contributed by atoms with Gasteiger partial charge in [0, 0.05) is 12.8 Å². The number of carbonyl (C=O) groups is 2. The number of benzene rings is 3. The van der Waals surface area contributed by atoms with Crippen molar-refractivity contribution in [2.75, 3.05) is 46.4 Å². The number of hydrogen-bond donors (Lipinski definition) is 1. The molecule has 1 heterocycles. The molecule has 1 fully saturated rings. The molecule has 0 radical (unpaired) electrons. The molecule has 4 rings (SSSR count). The average molecular weight is 566 g/mol. The first-order valence-corrected chi connectivity index (χ1v) is 13.0. The van der Waals surface area contributed by atoms with Crippen LogP contribution >= 0.6 is 11.8 Å². The van der Waals surface area contributed by atoms with Gasteiger partial charge in [-0.1, -0.05) is 6.07 Å². The number of amidine groups is 1. The lowest BCUT2D eigenvalue weighted by Gasteiger charge is -2.14. The van der Waals surface area contributed by atoms with Crippen molar-refractivity contribution in [2.24, 2.45) is 4.99 Å². The molecule has 0 atom stereocenters. The van der Waals surface area contributed by atoms with Crippen molar-refractivity contribution in [3.8, 4) is 17.2 Å². The molecule has 208 valence electrons. The van der Waals surface area contributed by atoms with Crippen LogP contribution in [0.5, 0.6) is 17.2 Å². The normalized spacial score (nSPS) is 15.0. The summed E-state index contributed by atoms with van der Waals surface area (Å²) < 4.78 is 34.5. The van der Waals surface area contributed by atoms with E-state index in [-0.39, 0.29) is 12.5 Å².